The maximum Gasteiger partial charge on any atom is 0.0490 e. The first-order chi connectivity index (χ1) is 7.77. The molecule has 0 bridgehead atoms. The van der Waals surface area contributed by atoms with Crippen molar-refractivity contribution in [1.82, 2.24) is 15.5 Å². The van der Waals surface area contributed by atoms with Gasteiger partial charge in [-0.3, -0.25) is 5.10 Å². The third kappa shape index (κ3) is 2.73. The molecule has 0 aromatic carbocycles. The van der Waals surface area contributed by atoms with Crippen LogP contribution in [0.3, 0.4) is 0 Å². The standard InChI is InChI=1S/C13H21N3/c1-10-4-3-5-11(2)13(10)9-14-8-12-6-7-15-16-12/h4,6-7,11,13-14H,3,5,8-9H2,1-2H3,(H,15,16). The summed E-state index contributed by atoms with van der Waals surface area (Å²) in [5.41, 5.74) is 2.71. The van der Waals surface area contributed by atoms with E-state index in [1.54, 1.807) is 11.8 Å². The lowest BCUT2D eigenvalue weighted by Gasteiger charge is -2.28. The van der Waals surface area contributed by atoms with E-state index in [4.69, 9.17) is 0 Å². The van der Waals surface area contributed by atoms with E-state index < -0.39 is 0 Å². The smallest absolute Gasteiger partial charge is 0.0490 e. The van der Waals surface area contributed by atoms with Crippen LogP contribution in [0.1, 0.15) is 32.4 Å². The van der Waals surface area contributed by atoms with E-state index in [-0.39, 0.29) is 0 Å². The molecule has 2 atom stereocenters. The molecule has 1 aliphatic rings. The number of hydrogen-bond acceptors (Lipinski definition) is 2. The van der Waals surface area contributed by atoms with Gasteiger partial charge in [0.05, 0.1) is 0 Å². The molecular weight excluding hydrogens is 198 g/mol. The molecule has 88 valence electrons. The molecule has 0 radical (unpaired) electrons. The number of aromatic amines is 1. The van der Waals surface area contributed by atoms with Crippen molar-refractivity contribution in [3.8, 4) is 0 Å². The van der Waals surface area contributed by atoms with Crippen LogP contribution >= 0.6 is 0 Å². The van der Waals surface area contributed by atoms with Crippen molar-refractivity contribution in [3.05, 3.63) is 29.6 Å². The van der Waals surface area contributed by atoms with Crippen molar-refractivity contribution in [3.63, 3.8) is 0 Å². The molecule has 3 nitrogen and oxygen atoms in total. The van der Waals surface area contributed by atoms with Crippen LogP contribution in [0.2, 0.25) is 0 Å². The van der Waals surface area contributed by atoms with Crippen molar-refractivity contribution >= 4 is 0 Å². The van der Waals surface area contributed by atoms with Gasteiger partial charge in [-0.25, -0.2) is 0 Å². The van der Waals surface area contributed by atoms with E-state index in [0.29, 0.717) is 5.92 Å². The summed E-state index contributed by atoms with van der Waals surface area (Å²) in [5, 5.41) is 10.4. The Hall–Kier alpha value is -1.09. The fourth-order valence-electron chi connectivity index (χ4n) is 2.48. The third-order valence-corrected chi connectivity index (χ3v) is 3.60. The average molecular weight is 219 g/mol. The molecular formula is C13H21N3. The normalized spacial score (nSPS) is 25.5. The minimum absolute atomic E-state index is 0.705. The Morgan fingerprint density at radius 2 is 2.44 bits per heavy atom. The maximum absolute atomic E-state index is 3.94. The topological polar surface area (TPSA) is 40.7 Å². The number of aromatic nitrogens is 2. The fraction of sp³-hybridized carbons (Fsp3) is 0.615. The predicted octanol–water partition coefficient (Wildman–Crippen LogP) is 2.49. The number of nitrogens with one attached hydrogen (secondary N) is 2. The van der Waals surface area contributed by atoms with E-state index >= 15 is 0 Å². The highest BCUT2D eigenvalue weighted by Gasteiger charge is 2.21. The van der Waals surface area contributed by atoms with E-state index in [2.05, 4.69) is 35.4 Å². The average Bonchev–Trinajstić information content (AvgIpc) is 2.75. The number of nitrogens with zero attached hydrogens (tertiary/aromatic N) is 1. The summed E-state index contributed by atoms with van der Waals surface area (Å²) < 4.78 is 0. The lowest BCUT2D eigenvalue weighted by molar-refractivity contribution is 0.349. The van der Waals surface area contributed by atoms with Crippen LogP contribution in [0.25, 0.3) is 0 Å². The van der Waals surface area contributed by atoms with Gasteiger partial charge in [-0.15, -0.1) is 0 Å². The molecule has 0 amide bonds. The minimum Gasteiger partial charge on any atom is -0.311 e. The van der Waals surface area contributed by atoms with Crippen molar-refractivity contribution < 1.29 is 0 Å². The van der Waals surface area contributed by atoms with Gasteiger partial charge in [0, 0.05) is 25.0 Å². The molecule has 3 heteroatoms. The van der Waals surface area contributed by atoms with E-state index in [1.807, 2.05) is 6.07 Å². The summed E-state index contributed by atoms with van der Waals surface area (Å²) in [6, 6.07) is 2.01. The van der Waals surface area contributed by atoms with E-state index in [1.165, 1.54) is 12.8 Å². The largest absolute Gasteiger partial charge is 0.311 e. The van der Waals surface area contributed by atoms with Crippen molar-refractivity contribution in [2.24, 2.45) is 11.8 Å². The van der Waals surface area contributed by atoms with Gasteiger partial charge in [0.25, 0.3) is 0 Å². The molecule has 1 aliphatic carbocycles. The Morgan fingerprint density at radius 3 is 3.12 bits per heavy atom. The van der Waals surface area contributed by atoms with Gasteiger partial charge in [-0.1, -0.05) is 18.6 Å². The minimum atomic E-state index is 0.705. The van der Waals surface area contributed by atoms with Crippen molar-refractivity contribution in [2.45, 2.75) is 33.2 Å². The van der Waals surface area contributed by atoms with Crippen LogP contribution in [-0.4, -0.2) is 16.7 Å². The Kier molecular flexibility index (Phi) is 3.78. The van der Waals surface area contributed by atoms with Crippen molar-refractivity contribution in [2.75, 3.05) is 6.54 Å². The zero-order valence-electron chi connectivity index (χ0n) is 10.2. The van der Waals surface area contributed by atoms with E-state index in [9.17, 15) is 0 Å². The fourth-order valence-corrected chi connectivity index (χ4v) is 2.48. The first kappa shape index (κ1) is 11.4. The summed E-state index contributed by atoms with van der Waals surface area (Å²) in [6.07, 6.45) is 6.77. The molecule has 1 aromatic rings. The molecule has 16 heavy (non-hydrogen) atoms. The van der Waals surface area contributed by atoms with Gasteiger partial charge in [-0.05, 0) is 37.7 Å². The van der Waals surface area contributed by atoms with Crippen LogP contribution in [-0.2, 0) is 6.54 Å². The van der Waals surface area contributed by atoms with Gasteiger partial charge in [0.1, 0.15) is 0 Å². The Morgan fingerprint density at radius 1 is 1.56 bits per heavy atom. The summed E-state index contributed by atoms with van der Waals surface area (Å²) >= 11 is 0. The Bertz CT molecular complexity index is 340. The molecule has 1 heterocycles. The number of allylic oxidation sites excluding steroid dienone is 1. The zero-order valence-corrected chi connectivity index (χ0v) is 10.2. The summed E-state index contributed by atoms with van der Waals surface area (Å²) in [5.74, 6) is 1.51. The Balaban J connectivity index is 1.80. The second-order valence-corrected chi connectivity index (χ2v) is 4.82. The van der Waals surface area contributed by atoms with Gasteiger partial charge < -0.3 is 5.32 Å². The lowest BCUT2D eigenvalue weighted by Crippen LogP contribution is -2.29. The lowest BCUT2D eigenvalue weighted by atomic mass is 9.80. The van der Waals surface area contributed by atoms with Gasteiger partial charge in [-0.2, -0.15) is 5.10 Å². The second-order valence-electron chi connectivity index (χ2n) is 4.82. The molecule has 0 saturated heterocycles. The highest BCUT2D eigenvalue weighted by atomic mass is 15.1. The van der Waals surface area contributed by atoms with Crippen LogP contribution in [0.15, 0.2) is 23.9 Å². The summed E-state index contributed by atoms with van der Waals surface area (Å²) in [4.78, 5) is 0. The summed E-state index contributed by atoms with van der Waals surface area (Å²) in [6.45, 7) is 6.58. The molecule has 0 aliphatic heterocycles. The number of rotatable bonds is 4. The molecule has 0 fully saturated rings. The second kappa shape index (κ2) is 5.30. The van der Waals surface area contributed by atoms with Crippen LogP contribution < -0.4 is 5.32 Å². The van der Waals surface area contributed by atoms with Crippen LogP contribution in [0, 0.1) is 11.8 Å². The highest BCUT2D eigenvalue weighted by molar-refractivity contribution is 5.09. The summed E-state index contributed by atoms with van der Waals surface area (Å²) in [7, 11) is 0. The van der Waals surface area contributed by atoms with Crippen molar-refractivity contribution in [1.29, 1.82) is 0 Å². The van der Waals surface area contributed by atoms with Crippen LogP contribution in [0.5, 0.6) is 0 Å². The molecule has 2 N–H and O–H groups in total. The first-order valence-electron chi connectivity index (χ1n) is 6.13. The quantitative estimate of drug-likeness (QED) is 0.764. The molecule has 1 aromatic heterocycles. The van der Waals surface area contributed by atoms with Gasteiger partial charge in [0.15, 0.2) is 0 Å². The maximum atomic E-state index is 3.94. The number of hydrogen-bond donors (Lipinski definition) is 2. The van der Waals surface area contributed by atoms with Gasteiger partial charge in [0.2, 0.25) is 0 Å². The zero-order chi connectivity index (χ0) is 11.4. The predicted molar refractivity (Wildman–Crippen MR) is 65.9 cm³/mol. The van der Waals surface area contributed by atoms with Crippen LogP contribution in [0.4, 0.5) is 0 Å². The number of H-pyrrole nitrogens is 1. The molecule has 2 unspecified atom stereocenters. The first-order valence-corrected chi connectivity index (χ1v) is 6.13. The monoisotopic (exact) mass is 219 g/mol. The SMILES string of the molecule is CC1=CCCC(C)C1CNCc1ccn[nH]1. The highest BCUT2D eigenvalue weighted by Crippen LogP contribution is 2.29. The third-order valence-electron chi connectivity index (χ3n) is 3.60. The van der Waals surface area contributed by atoms with E-state index in [0.717, 1.165) is 24.7 Å². The molecule has 0 saturated carbocycles. The van der Waals surface area contributed by atoms with Gasteiger partial charge >= 0.3 is 0 Å². The Labute approximate surface area is 97.3 Å². The molecule has 0 spiro atoms. The molecule has 2 rings (SSSR count).